The molecule has 23 heavy (non-hydrogen) atoms. The molecule has 0 atom stereocenters. The standard InChI is InChI=1S/C16H11ClFN3O2/c1-9-2-5-11(17)8-13(9)19-14(22)16-21-20-15(23-16)10-3-6-12(18)7-4-10/h2-8H,1H3,(H,19,22). The number of hydrogen-bond acceptors (Lipinski definition) is 4. The summed E-state index contributed by atoms with van der Waals surface area (Å²) in [5, 5.41) is 10.7. The Kier molecular flexibility index (Phi) is 4.08. The van der Waals surface area contributed by atoms with Gasteiger partial charge in [-0.3, -0.25) is 4.79 Å². The van der Waals surface area contributed by atoms with Gasteiger partial charge in [0.1, 0.15) is 5.82 Å². The fraction of sp³-hybridized carbons (Fsp3) is 0.0625. The molecule has 0 unspecified atom stereocenters. The Balaban J connectivity index is 1.81. The first kappa shape index (κ1) is 15.2. The maximum absolute atomic E-state index is 12.9. The second-order valence-electron chi connectivity index (χ2n) is 4.83. The predicted octanol–water partition coefficient (Wildman–Crippen LogP) is 4.09. The Labute approximate surface area is 136 Å². The van der Waals surface area contributed by atoms with Crippen LogP contribution >= 0.6 is 11.6 Å². The van der Waals surface area contributed by atoms with E-state index >= 15 is 0 Å². The molecular weight excluding hydrogens is 321 g/mol. The third kappa shape index (κ3) is 3.37. The molecule has 0 aliphatic rings. The number of carbonyl (C=O) groups excluding carboxylic acids is 1. The van der Waals surface area contributed by atoms with E-state index in [1.165, 1.54) is 24.3 Å². The zero-order chi connectivity index (χ0) is 16.4. The van der Waals surface area contributed by atoms with E-state index in [2.05, 4.69) is 15.5 Å². The molecule has 0 bridgehead atoms. The van der Waals surface area contributed by atoms with Crippen molar-refractivity contribution in [2.45, 2.75) is 6.92 Å². The van der Waals surface area contributed by atoms with Crippen molar-refractivity contribution in [1.82, 2.24) is 10.2 Å². The Hall–Kier alpha value is -2.73. The van der Waals surface area contributed by atoms with Crippen LogP contribution in [0, 0.1) is 12.7 Å². The summed E-state index contributed by atoms with van der Waals surface area (Å²) in [6.45, 7) is 1.84. The van der Waals surface area contributed by atoms with Gasteiger partial charge in [0, 0.05) is 16.3 Å². The summed E-state index contributed by atoms with van der Waals surface area (Å²) in [6.07, 6.45) is 0. The summed E-state index contributed by atoms with van der Waals surface area (Å²) < 4.78 is 18.2. The normalized spacial score (nSPS) is 10.6. The van der Waals surface area contributed by atoms with Gasteiger partial charge in [-0.1, -0.05) is 17.7 Å². The highest BCUT2D eigenvalue weighted by molar-refractivity contribution is 6.31. The first-order valence-electron chi connectivity index (χ1n) is 6.70. The summed E-state index contributed by atoms with van der Waals surface area (Å²) in [4.78, 5) is 12.2. The van der Waals surface area contributed by atoms with Crippen molar-refractivity contribution in [2.75, 3.05) is 5.32 Å². The minimum absolute atomic E-state index is 0.137. The first-order valence-corrected chi connectivity index (χ1v) is 7.07. The minimum atomic E-state index is -0.545. The van der Waals surface area contributed by atoms with Gasteiger partial charge in [0.2, 0.25) is 5.89 Å². The second-order valence-corrected chi connectivity index (χ2v) is 5.27. The zero-order valence-electron chi connectivity index (χ0n) is 12.0. The van der Waals surface area contributed by atoms with Crippen molar-refractivity contribution in [1.29, 1.82) is 0 Å². The topological polar surface area (TPSA) is 68.0 Å². The summed E-state index contributed by atoms with van der Waals surface area (Å²) in [7, 11) is 0. The lowest BCUT2D eigenvalue weighted by Crippen LogP contribution is -2.13. The lowest BCUT2D eigenvalue weighted by Gasteiger charge is -2.06. The number of halogens is 2. The Morgan fingerprint density at radius 3 is 2.65 bits per heavy atom. The molecule has 0 radical (unpaired) electrons. The SMILES string of the molecule is Cc1ccc(Cl)cc1NC(=O)c1nnc(-c2ccc(F)cc2)o1. The van der Waals surface area contributed by atoms with Crippen molar-refractivity contribution in [3.8, 4) is 11.5 Å². The molecule has 0 saturated heterocycles. The molecule has 0 saturated carbocycles. The number of benzene rings is 2. The highest BCUT2D eigenvalue weighted by Crippen LogP contribution is 2.22. The molecule has 1 amide bonds. The van der Waals surface area contributed by atoms with Crippen LogP contribution in [0.5, 0.6) is 0 Å². The average Bonchev–Trinajstić information content (AvgIpc) is 3.02. The molecule has 7 heteroatoms. The summed E-state index contributed by atoms with van der Waals surface area (Å²) in [6, 6.07) is 10.7. The van der Waals surface area contributed by atoms with Gasteiger partial charge in [0.05, 0.1) is 0 Å². The van der Waals surface area contributed by atoms with Crippen molar-refractivity contribution < 1.29 is 13.6 Å². The van der Waals surface area contributed by atoms with Crippen LogP contribution in [0.2, 0.25) is 5.02 Å². The van der Waals surface area contributed by atoms with Crippen LogP contribution < -0.4 is 5.32 Å². The van der Waals surface area contributed by atoms with Crippen molar-refractivity contribution in [2.24, 2.45) is 0 Å². The van der Waals surface area contributed by atoms with Crippen LogP contribution in [-0.4, -0.2) is 16.1 Å². The molecule has 5 nitrogen and oxygen atoms in total. The number of hydrogen-bond donors (Lipinski definition) is 1. The Morgan fingerprint density at radius 2 is 1.91 bits per heavy atom. The number of aromatic nitrogens is 2. The molecule has 2 aromatic carbocycles. The van der Waals surface area contributed by atoms with Gasteiger partial charge >= 0.3 is 11.8 Å². The molecule has 0 fully saturated rings. The molecule has 3 aromatic rings. The smallest absolute Gasteiger partial charge is 0.313 e. The number of aryl methyl sites for hydroxylation is 1. The maximum atomic E-state index is 12.9. The fourth-order valence-corrected chi connectivity index (χ4v) is 2.10. The van der Waals surface area contributed by atoms with Gasteiger partial charge in [-0.2, -0.15) is 0 Å². The van der Waals surface area contributed by atoms with E-state index in [0.717, 1.165) is 5.56 Å². The van der Waals surface area contributed by atoms with Gasteiger partial charge in [0.15, 0.2) is 0 Å². The lowest BCUT2D eigenvalue weighted by atomic mass is 10.2. The van der Waals surface area contributed by atoms with E-state index in [4.69, 9.17) is 16.0 Å². The van der Waals surface area contributed by atoms with Gasteiger partial charge in [-0.05, 0) is 48.9 Å². The lowest BCUT2D eigenvalue weighted by molar-refractivity contribution is 0.0990. The summed E-state index contributed by atoms with van der Waals surface area (Å²) >= 11 is 5.91. The number of anilines is 1. The highest BCUT2D eigenvalue weighted by Gasteiger charge is 2.17. The Bertz CT molecular complexity index is 862. The van der Waals surface area contributed by atoms with Gasteiger partial charge < -0.3 is 9.73 Å². The number of rotatable bonds is 3. The van der Waals surface area contributed by atoms with Crippen LogP contribution in [0.1, 0.15) is 16.2 Å². The molecule has 3 rings (SSSR count). The maximum Gasteiger partial charge on any atom is 0.313 e. The molecule has 116 valence electrons. The largest absolute Gasteiger partial charge is 0.412 e. The molecule has 1 heterocycles. The second kappa shape index (κ2) is 6.18. The van der Waals surface area contributed by atoms with Crippen LogP contribution in [0.3, 0.4) is 0 Å². The van der Waals surface area contributed by atoms with E-state index in [9.17, 15) is 9.18 Å². The molecule has 0 spiro atoms. The number of carbonyl (C=O) groups is 1. The fourth-order valence-electron chi connectivity index (χ4n) is 1.93. The van der Waals surface area contributed by atoms with Crippen molar-refractivity contribution >= 4 is 23.2 Å². The van der Waals surface area contributed by atoms with E-state index in [-0.39, 0.29) is 17.6 Å². The summed E-state index contributed by atoms with van der Waals surface area (Å²) in [5.41, 5.74) is 1.93. The molecule has 0 aliphatic carbocycles. The van der Waals surface area contributed by atoms with Gasteiger partial charge in [0.25, 0.3) is 0 Å². The monoisotopic (exact) mass is 331 g/mol. The molecular formula is C16H11ClFN3O2. The minimum Gasteiger partial charge on any atom is -0.412 e. The number of nitrogens with zero attached hydrogens (tertiary/aromatic N) is 2. The van der Waals surface area contributed by atoms with E-state index in [0.29, 0.717) is 16.3 Å². The Morgan fingerprint density at radius 1 is 1.17 bits per heavy atom. The quantitative estimate of drug-likeness (QED) is 0.785. The van der Waals surface area contributed by atoms with Crippen molar-refractivity contribution in [3.63, 3.8) is 0 Å². The predicted molar refractivity (Wildman–Crippen MR) is 83.8 cm³/mol. The molecule has 1 aromatic heterocycles. The number of amides is 1. The summed E-state index contributed by atoms with van der Waals surface area (Å²) in [5.74, 6) is -0.972. The van der Waals surface area contributed by atoms with E-state index in [1.54, 1.807) is 18.2 Å². The van der Waals surface area contributed by atoms with Gasteiger partial charge in [-0.25, -0.2) is 4.39 Å². The zero-order valence-corrected chi connectivity index (χ0v) is 12.8. The van der Waals surface area contributed by atoms with Crippen LogP contribution in [-0.2, 0) is 0 Å². The third-order valence-corrected chi connectivity index (χ3v) is 3.39. The number of nitrogens with one attached hydrogen (secondary N) is 1. The average molecular weight is 332 g/mol. The first-order chi connectivity index (χ1) is 11.0. The van der Waals surface area contributed by atoms with E-state index < -0.39 is 5.91 Å². The molecule has 0 aliphatic heterocycles. The van der Waals surface area contributed by atoms with Gasteiger partial charge in [-0.15, -0.1) is 10.2 Å². The van der Waals surface area contributed by atoms with Crippen LogP contribution in [0.4, 0.5) is 10.1 Å². The van der Waals surface area contributed by atoms with Crippen LogP contribution in [0.25, 0.3) is 11.5 Å². The third-order valence-electron chi connectivity index (χ3n) is 3.16. The highest BCUT2D eigenvalue weighted by atomic mass is 35.5. The molecule has 1 N–H and O–H groups in total. The van der Waals surface area contributed by atoms with E-state index in [1.807, 2.05) is 6.92 Å². The van der Waals surface area contributed by atoms with Crippen molar-refractivity contribution in [3.05, 3.63) is 64.8 Å². The van der Waals surface area contributed by atoms with Crippen LogP contribution in [0.15, 0.2) is 46.9 Å².